The normalized spacial score (nSPS) is 31.6. The molecule has 4 nitrogen and oxygen atoms in total. The average Bonchev–Trinajstić information content (AvgIpc) is 2.41. The van der Waals surface area contributed by atoms with E-state index in [-0.39, 0.29) is 11.1 Å². The molecule has 0 bridgehead atoms. The number of aliphatic hydroxyl groups excluding tert-OH is 2. The van der Waals surface area contributed by atoms with Crippen LogP contribution in [-0.4, -0.2) is 38.9 Å². The summed E-state index contributed by atoms with van der Waals surface area (Å²) in [6.07, 6.45) is 2.67. The van der Waals surface area contributed by atoms with Crippen LogP contribution in [0.1, 0.15) is 33.6 Å². The lowest BCUT2D eigenvalue weighted by Gasteiger charge is -2.23. The highest BCUT2D eigenvalue weighted by Crippen LogP contribution is 2.34. The minimum Gasteiger partial charge on any atom is -0.389 e. The van der Waals surface area contributed by atoms with Gasteiger partial charge in [-0.2, -0.15) is 0 Å². The van der Waals surface area contributed by atoms with E-state index in [9.17, 15) is 20.1 Å². The zero-order valence-electron chi connectivity index (χ0n) is 10.5. The molecular formula is C13H20O4. The summed E-state index contributed by atoms with van der Waals surface area (Å²) in [6.45, 7) is 4.69. The first-order valence-electron chi connectivity index (χ1n) is 5.79. The lowest BCUT2D eigenvalue weighted by atomic mass is 9.94. The van der Waals surface area contributed by atoms with Crippen molar-refractivity contribution in [3.63, 3.8) is 0 Å². The van der Waals surface area contributed by atoms with E-state index in [0.29, 0.717) is 12.8 Å². The van der Waals surface area contributed by atoms with Gasteiger partial charge in [0.1, 0.15) is 6.10 Å². The molecule has 0 aromatic rings. The molecule has 0 saturated carbocycles. The lowest BCUT2D eigenvalue weighted by molar-refractivity contribution is -0.137. The van der Waals surface area contributed by atoms with Crippen molar-refractivity contribution in [2.75, 3.05) is 0 Å². The minimum atomic E-state index is -1.80. The van der Waals surface area contributed by atoms with Gasteiger partial charge in [-0.3, -0.25) is 4.79 Å². The van der Waals surface area contributed by atoms with E-state index < -0.39 is 23.6 Å². The average molecular weight is 240 g/mol. The van der Waals surface area contributed by atoms with Gasteiger partial charge in [0.05, 0.1) is 6.10 Å². The van der Waals surface area contributed by atoms with Crippen molar-refractivity contribution in [2.45, 2.75) is 51.4 Å². The standard InChI is InChI=1S/C13H20O4/c1-4-5-6-7-9(14)10-8(2)11(15)13(3,17)12(10)16/h4-5,9,12,14,16-17H,6-7H2,1-3H3. The smallest absolute Gasteiger partial charge is 0.192 e. The van der Waals surface area contributed by atoms with Crippen LogP contribution in [-0.2, 0) is 4.79 Å². The summed E-state index contributed by atoms with van der Waals surface area (Å²) in [5, 5.41) is 29.7. The van der Waals surface area contributed by atoms with E-state index in [1.54, 1.807) is 0 Å². The molecule has 0 aromatic carbocycles. The number of carbonyl (C=O) groups is 1. The van der Waals surface area contributed by atoms with Gasteiger partial charge in [0.25, 0.3) is 0 Å². The summed E-state index contributed by atoms with van der Waals surface area (Å²) in [6, 6.07) is 0. The Morgan fingerprint density at radius 1 is 1.53 bits per heavy atom. The van der Waals surface area contributed by atoms with Crippen LogP contribution in [0.2, 0.25) is 0 Å². The van der Waals surface area contributed by atoms with Crippen molar-refractivity contribution < 1.29 is 20.1 Å². The highest BCUT2D eigenvalue weighted by Gasteiger charge is 2.49. The second kappa shape index (κ2) is 5.12. The fourth-order valence-electron chi connectivity index (χ4n) is 2.15. The van der Waals surface area contributed by atoms with Gasteiger partial charge in [-0.15, -0.1) is 0 Å². The maximum atomic E-state index is 11.7. The molecule has 0 spiro atoms. The van der Waals surface area contributed by atoms with Crippen LogP contribution in [0.4, 0.5) is 0 Å². The van der Waals surface area contributed by atoms with Crippen LogP contribution >= 0.6 is 0 Å². The largest absolute Gasteiger partial charge is 0.389 e. The van der Waals surface area contributed by atoms with Crippen molar-refractivity contribution in [3.8, 4) is 0 Å². The fraction of sp³-hybridized carbons (Fsp3) is 0.615. The van der Waals surface area contributed by atoms with Crippen molar-refractivity contribution in [2.24, 2.45) is 0 Å². The summed E-state index contributed by atoms with van der Waals surface area (Å²) in [7, 11) is 0. The van der Waals surface area contributed by atoms with Gasteiger partial charge < -0.3 is 15.3 Å². The molecule has 96 valence electrons. The predicted octanol–water partition coefficient (Wildman–Crippen LogP) is 0.715. The second-order valence-corrected chi connectivity index (χ2v) is 4.62. The van der Waals surface area contributed by atoms with E-state index in [4.69, 9.17) is 0 Å². The van der Waals surface area contributed by atoms with Gasteiger partial charge in [0, 0.05) is 0 Å². The van der Waals surface area contributed by atoms with Crippen molar-refractivity contribution in [1.82, 2.24) is 0 Å². The van der Waals surface area contributed by atoms with Crippen molar-refractivity contribution in [1.29, 1.82) is 0 Å². The fourth-order valence-corrected chi connectivity index (χ4v) is 2.15. The third kappa shape index (κ3) is 2.49. The predicted molar refractivity (Wildman–Crippen MR) is 64.4 cm³/mol. The molecule has 1 aliphatic rings. The molecule has 0 amide bonds. The van der Waals surface area contributed by atoms with Crippen molar-refractivity contribution in [3.05, 3.63) is 23.3 Å². The first-order valence-corrected chi connectivity index (χ1v) is 5.79. The number of hydrogen-bond acceptors (Lipinski definition) is 4. The molecule has 0 aliphatic heterocycles. The van der Waals surface area contributed by atoms with E-state index in [2.05, 4.69) is 0 Å². The first kappa shape index (κ1) is 14.1. The van der Waals surface area contributed by atoms with E-state index >= 15 is 0 Å². The van der Waals surface area contributed by atoms with Gasteiger partial charge in [-0.05, 0) is 44.8 Å². The molecule has 4 heteroatoms. The summed E-state index contributed by atoms with van der Waals surface area (Å²) in [5.74, 6) is -0.509. The van der Waals surface area contributed by atoms with E-state index in [0.717, 1.165) is 0 Å². The number of hydrogen-bond donors (Lipinski definition) is 3. The van der Waals surface area contributed by atoms with Gasteiger partial charge in [0.15, 0.2) is 11.4 Å². The molecule has 17 heavy (non-hydrogen) atoms. The number of Topliss-reactive ketones (excluding diaryl/α,β-unsaturated/α-hetero) is 1. The molecule has 0 aromatic heterocycles. The Hall–Kier alpha value is -0.970. The Bertz CT molecular complexity index is 366. The van der Waals surface area contributed by atoms with Crippen LogP contribution in [0, 0.1) is 0 Å². The monoisotopic (exact) mass is 240 g/mol. The summed E-state index contributed by atoms with van der Waals surface area (Å²) in [5.41, 5.74) is -1.28. The molecule has 3 atom stereocenters. The topological polar surface area (TPSA) is 77.8 Å². The first-order chi connectivity index (χ1) is 7.84. The van der Waals surface area contributed by atoms with Crippen LogP contribution in [0.3, 0.4) is 0 Å². The third-order valence-electron chi connectivity index (χ3n) is 3.26. The Morgan fingerprint density at radius 2 is 2.12 bits per heavy atom. The highest BCUT2D eigenvalue weighted by atomic mass is 16.4. The summed E-state index contributed by atoms with van der Waals surface area (Å²) in [4.78, 5) is 11.7. The maximum Gasteiger partial charge on any atom is 0.192 e. The quantitative estimate of drug-likeness (QED) is 0.633. The molecule has 0 heterocycles. The molecule has 0 fully saturated rings. The van der Waals surface area contributed by atoms with E-state index in [1.165, 1.54) is 13.8 Å². The number of ketones is 1. The SMILES string of the molecule is CC=CCCC(O)C1=C(C)C(=O)C(C)(O)C1O. The van der Waals surface area contributed by atoms with Crippen LogP contribution in [0.15, 0.2) is 23.3 Å². The zero-order chi connectivity index (χ0) is 13.2. The molecular weight excluding hydrogens is 220 g/mol. The van der Waals surface area contributed by atoms with Crippen LogP contribution in [0.25, 0.3) is 0 Å². The minimum absolute atomic E-state index is 0.254. The van der Waals surface area contributed by atoms with Gasteiger partial charge in [-0.25, -0.2) is 0 Å². The maximum absolute atomic E-state index is 11.7. The second-order valence-electron chi connectivity index (χ2n) is 4.62. The van der Waals surface area contributed by atoms with Crippen LogP contribution in [0.5, 0.6) is 0 Å². The number of aliphatic hydroxyl groups is 3. The zero-order valence-corrected chi connectivity index (χ0v) is 10.5. The third-order valence-corrected chi connectivity index (χ3v) is 3.26. The molecule has 3 unspecified atom stereocenters. The number of allylic oxidation sites excluding steroid dienone is 2. The Kier molecular flexibility index (Phi) is 4.25. The summed E-state index contributed by atoms with van der Waals surface area (Å²) >= 11 is 0. The van der Waals surface area contributed by atoms with Crippen LogP contribution < -0.4 is 0 Å². The molecule has 0 saturated heterocycles. The Labute approximate surface area is 101 Å². The Morgan fingerprint density at radius 3 is 2.53 bits per heavy atom. The molecule has 0 radical (unpaired) electrons. The molecule has 1 aliphatic carbocycles. The van der Waals surface area contributed by atoms with E-state index in [1.807, 2.05) is 19.1 Å². The number of rotatable bonds is 4. The highest BCUT2D eigenvalue weighted by molar-refractivity contribution is 6.05. The molecule has 3 N–H and O–H groups in total. The van der Waals surface area contributed by atoms with Gasteiger partial charge in [-0.1, -0.05) is 12.2 Å². The summed E-state index contributed by atoms with van der Waals surface area (Å²) < 4.78 is 0. The molecule has 1 rings (SSSR count). The van der Waals surface area contributed by atoms with Gasteiger partial charge in [0.2, 0.25) is 0 Å². The lowest BCUT2D eigenvalue weighted by Crippen LogP contribution is -2.43. The van der Waals surface area contributed by atoms with Gasteiger partial charge >= 0.3 is 0 Å². The Balaban J connectivity index is 2.86. The van der Waals surface area contributed by atoms with Crippen molar-refractivity contribution >= 4 is 5.78 Å². The number of carbonyl (C=O) groups excluding carboxylic acids is 1.